The van der Waals surface area contributed by atoms with Crippen LogP contribution in [0.5, 0.6) is 0 Å². The van der Waals surface area contributed by atoms with E-state index in [1.165, 1.54) is 0 Å². The summed E-state index contributed by atoms with van der Waals surface area (Å²) < 4.78 is 1.98. The molecule has 0 spiro atoms. The predicted octanol–water partition coefficient (Wildman–Crippen LogP) is 3.49. The quantitative estimate of drug-likeness (QED) is 0.512. The van der Waals surface area contributed by atoms with Crippen LogP contribution in [-0.2, 0) is 0 Å². The second kappa shape index (κ2) is 7.64. The molecule has 1 aromatic carbocycles. The monoisotopic (exact) mass is 440 g/mol. The minimum atomic E-state index is -0.670. The van der Waals surface area contributed by atoms with E-state index in [4.69, 9.17) is 10.1 Å². The first-order valence-electron chi connectivity index (χ1n) is 11.5. The number of rotatable bonds is 5. The third-order valence-corrected chi connectivity index (χ3v) is 6.70. The number of likely N-dealkylation sites (tertiary alicyclic amines) is 1. The summed E-state index contributed by atoms with van der Waals surface area (Å²) in [6.45, 7) is 6.38. The molecule has 0 amide bonds. The van der Waals surface area contributed by atoms with Crippen LogP contribution in [0.3, 0.4) is 0 Å². The van der Waals surface area contributed by atoms with E-state index in [0.717, 1.165) is 53.5 Å². The molecule has 1 N–H and O–H groups in total. The Kier molecular flexibility index (Phi) is 4.71. The van der Waals surface area contributed by atoms with Crippen LogP contribution in [0.15, 0.2) is 67.0 Å². The summed E-state index contributed by atoms with van der Waals surface area (Å²) in [5, 5.41) is 15.4. The SMILES string of the molecule is CC(C)(O)CN1C[C@@H]2C[C@H]1CN2c1ccc2nc(-c3ccccc3)c(-c3ccncc3)n2n1. The number of aliphatic hydroxyl groups is 1. The van der Waals surface area contributed by atoms with Crippen molar-refractivity contribution in [2.24, 2.45) is 0 Å². The van der Waals surface area contributed by atoms with Crippen LogP contribution in [0.25, 0.3) is 28.2 Å². The maximum absolute atomic E-state index is 10.3. The lowest BCUT2D eigenvalue weighted by Crippen LogP contribution is -2.50. The predicted molar refractivity (Wildman–Crippen MR) is 129 cm³/mol. The summed E-state index contributed by atoms with van der Waals surface area (Å²) in [6.07, 6.45) is 4.74. The lowest BCUT2D eigenvalue weighted by Gasteiger charge is -2.37. The van der Waals surface area contributed by atoms with Gasteiger partial charge in [-0.1, -0.05) is 30.3 Å². The number of hydrogen-bond acceptors (Lipinski definition) is 6. The third-order valence-electron chi connectivity index (χ3n) is 6.70. The molecule has 0 radical (unpaired) electrons. The molecule has 3 aromatic heterocycles. The molecule has 2 saturated heterocycles. The molecule has 0 saturated carbocycles. The third kappa shape index (κ3) is 3.67. The average Bonchev–Trinajstić information content (AvgIpc) is 3.51. The summed E-state index contributed by atoms with van der Waals surface area (Å²) in [5.74, 6) is 0.977. The van der Waals surface area contributed by atoms with Crippen molar-refractivity contribution in [1.29, 1.82) is 0 Å². The maximum Gasteiger partial charge on any atom is 0.155 e. The number of imidazole rings is 1. The molecular weight excluding hydrogens is 412 g/mol. The number of β-amino-alcohol motifs (C(OH)–C–C–N with tert-alkyl or cyclic N) is 1. The smallest absolute Gasteiger partial charge is 0.155 e. The molecule has 33 heavy (non-hydrogen) atoms. The zero-order chi connectivity index (χ0) is 22.6. The number of fused-ring (bicyclic) bond motifs is 3. The molecule has 0 unspecified atom stereocenters. The summed E-state index contributed by atoms with van der Waals surface area (Å²) in [7, 11) is 0. The van der Waals surface area contributed by atoms with Gasteiger partial charge in [0.25, 0.3) is 0 Å². The Labute approximate surface area is 193 Å². The van der Waals surface area contributed by atoms with Gasteiger partial charge in [0.15, 0.2) is 5.65 Å². The van der Waals surface area contributed by atoms with Crippen LogP contribution in [-0.4, -0.2) is 66.9 Å². The molecule has 0 aliphatic carbocycles. The molecule has 2 aliphatic rings. The van der Waals surface area contributed by atoms with E-state index in [1.54, 1.807) is 0 Å². The van der Waals surface area contributed by atoms with Crippen LogP contribution in [0, 0.1) is 0 Å². The first-order chi connectivity index (χ1) is 16.0. The number of pyridine rings is 1. The van der Waals surface area contributed by atoms with Gasteiger partial charge in [-0.05, 0) is 44.5 Å². The van der Waals surface area contributed by atoms with Crippen LogP contribution >= 0.6 is 0 Å². The molecule has 7 nitrogen and oxygen atoms in total. The number of nitrogens with zero attached hydrogens (tertiary/aromatic N) is 6. The largest absolute Gasteiger partial charge is 0.389 e. The highest BCUT2D eigenvalue weighted by Crippen LogP contribution is 2.36. The van der Waals surface area contributed by atoms with Crippen molar-refractivity contribution in [3.8, 4) is 22.5 Å². The molecular formula is C26H28N6O. The number of anilines is 1. The fraction of sp³-hybridized carbons (Fsp3) is 0.346. The van der Waals surface area contributed by atoms with E-state index in [1.807, 2.05) is 61.1 Å². The Morgan fingerprint density at radius 3 is 2.42 bits per heavy atom. The zero-order valence-corrected chi connectivity index (χ0v) is 19.0. The molecule has 2 aliphatic heterocycles. The van der Waals surface area contributed by atoms with Gasteiger partial charge in [-0.3, -0.25) is 9.88 Å². The number of benzene rings is 1. The Bertz CT molecular complexity index is 1280. The molecule has 5 heterocycles. The molecule has 7 heteroatoms. The van der Waals surface area contributed by atoms with E-state index in [9.17, 15) is 5.11 Å². The van der Waals surface area contributed by atoms with Gasteiger partial charge in [0, 0.05) is 55.2 Å². The van der Waals surface area contributed by atoms with E-state index in [2.05, 4.69) is 39.0 Å². The molecule has 6 rings (SSSR count). The molecule has 2 atom stereocenters. The highest BCUT2D eigenvalue weighted by Gasteiger charge is 2.45. The van der Waals surface area contributed by atoms with Gasteiger partial charge in [0.05, 0.1) is 11.3 Å². The maximum atomic E-state index is 10.3. The summed E-state index contributed by atoms with van der Waals surface area (Å²) >= 11 is 0. The van der Waals surface area contributed by atoms with Crippen molar-refractivity contribution in [2.45, 2.75) is 38.0 Å². The van der Waals surface area contributed by atoms with Crippen molar-refractivity contribution in [3.63, 3.8) is 0 Å². The standard InChI is InChI=1S/C26H28N6O/c1-26(2,33)17-30-15-21-14-20(30)16-31(21)23-9-8-22-28-24(18-6-4-3-5-7-18)25(32(22)29-23)19-10-12-27-13-11-19/h3-13,20-21,33H,14-17H2,1-2H3/t20-,21-/m0/s1. The Balaban J connectivity index is 1.40. The van der Waals surface area contributed by atoms with Gasteiger partial charge in [0.1, 0.15) is 11.5 Å². The summed E-state index contributed by atoms with van der Waals surface area (Å²) in [4.78, 5) is 14.0. The van der Waals surface area contributed by atoms with Crippen molar-refractivity contribution in [1.82, 2.24) is 24.5 Å². The number of piperazine rings is 1. The van der Waals surface area contributed by atoms with Crippen molar-refractivity contribution < 1.29 is 5.11 Å². The molecule has 168 valence electrons. The minimum absolute atomic E-state index is 0.420. The van der Waals surface area contributed by atoms with Crippen LogP contribution in [0.2, 0.25) is 0 Å². The van der Waals surface area contributed by atoms with E-state index >= 15 is 0 Å². The van der Waals surface area contributed by atoms with Gasteiger partial charge in [-0.25, -0.2) is 9.50 Å². The van der Waals surface area contributed by atoms with Crippen molar-refractivity contribution >= 4 is 11.5 Å². The molecule has 2 bridgehead atoms. The highest BCUT2D eigenvalue weighted by atomic mass is 16.3. The van der Waals surface area contributed by atoms with Gasteiger partial charge >= 0.3 is 0 Å². The van der Waals surface area contributed by atoms with E-state index < -0.39 is 5.60 Å². The number of hydrogen-bond donors (Lipinski definition) is 1. The lowest BCUT2D eigenvalue weighted by molar-refractivity contribution is 0.0299. The molecule has 4 aromatic rings. The van der Waals surface area contributed by atoms with Gasteiger partial charge in [0.2, 0.25) is 0 Å². The van der Waals surface area contributed by atoms with Crippen molar-refractivity contribution in [2.75, 3.05) is 24.5 Å². The number of aromatic nitrogens is 4. The second-order valence-corrected chi connectivity index (χ2v) is 9.81. The van der Waals surface area contributed by atoms with Crippen LogP contribution < -0.4 is 4.90 Å². The topological polar surface area (TPSA) is 69.8 Å². The van der Waals surface area contributed by atoms with Crippen molar-refractivity contribution in [3.05, 3.63) is 67.0 Å². The first kappa shape index (κ1) is 20.3. The van der Waals surface area contributed by atoms with Gasteiger partial charge < -0.3 is 10.0 Å². The highest BCUT2D eigenvalue weighted by molar-refractivity contribution is 5.81. The Morgan fingerprint density at radius 2 is 1.73 bits per heavy atom. The fourth-order valence-electron chi connectivity index (χ4n) is 5.36. The minimum Gasteiger partial charge on any atom is -0.389 e. The Hall–Kier alpha value is -3.29. The fourth-order valence-corrected chi connectivity index (χ4v) is 5.36. The second-order valence-electron chi connectivity index (χ2n) is 9.81. The Morgan fingerprint density at radius 1 is 0.939 bits per heavy atom. The first-order valence-corrected chi connectivity index (χ1v) is 11.5. The van der Waals surface area contributed by atoms with E-state index in [0.29, 0.717) is 18.6 Å². The summed E-state index contributed by atoms with van der Waals surface area (Å²) in [5.41, 5.74) is 4.17. The molecule has 2 fully saturated rings. The average molecular weight is 441 g/mol. The van der Waals surface area contributed by atoms with Crippen LogP contribution in [0.1, 0.15) is 20.3 Å². The normalized spacial score (nSPS) is 20.8. The summed E-state index contributed by atoms with van der Waals surface area (Å²) in [6, 6.07) is 19.3. The lowest BCUT2D eigenvalue weighted by atomic mass is 10.1. The van der Waals surface area contributed by atoms with Crippen LogP contribution in [0.4, 0.5) is 5.82 Å². The van der Waals surface area contributed by atoms with Gasteiger partial charge in [-0.2, -0.15) is 0 Å². The van der Waals surface area contributed by atoms with E-state index in [-0.39, 0.29) is 0 Å². The zero-order valence-electron chi connectivity index (χ0n) is 19.0. The van der Waals surface area contributed by atoms with Gasteiger partial charge in [-0.15, -0.1) is 5.10 Å².